The Labute approximate surface area is 106 Å². The van der Waals surface area contributed by atoms with Gasteiger partial charge >= 0.3 is 0 Å². The molecular formula is C12H19N3OS. The summed E-state index contributed by atoms with van der Waals surface area (Å²) in [5.41, 5.74) is 0.0227. The van der Waals surface area contributed by atoms with Gasteiger partial charge in [0.15, 0.2) is 5.82 Å². The van der Waals surface area contributed by atoms with Crippen LogP contribution >= 0.6 is 11.8 Å². The van der Waals surface area contributed by atoms with Crippen LogP contribution in [-0.4, -0.2) is 27.6 Å². The first-order chi connectivity index (χ1) is 8.26. The van der Waals surface area contributed by atoms with Gasteiger partial charge in [0.2, 0.25) is 0 Å². The molecule has 1 atom stereocenters. The predicted octanol–water partition coefficient (Wildman–Crippen LogP) is 2.13. The van der Waals surface area contributed by atoms with Crippen molar-refractivity contribution in [1.29, 1.82) is 0 Å². The summed E-state index contributed by atoms with van der Waals surface area (Å²) in [5.74, 6) is 1.50. The van der Waals surface area contributed by atoms with Crippen molar-refractivity contribution in [3.8, 4) is 0 Å². The number of hydrogen-bond donors (Lipinski definition) is 1. The number of nitrogens with zero attached hydrogens (tertiary/aromatic N) is 2. The van der Waals surface area contributed by atoms with Gasteiger partial charge in [0, 0.05) is 30.2 Å². The maximum atomic E-state index is 12.1. The minimum atomic E-state index is 0.0227. The number of hydrogen-bond acceptors (Lipinski definition) is 4. The largest absolute Gasteiger partial charge is 0.362 e. The van der Waals surface area contributed by atoms with Crippen LogP contribution in [0.2, 0.25) is 0 Å². The van der Waals surface area contributed by atoms with E-state index in [0.717, 1.165) is 25.0 Å². The van der Waals surface area contributed by atoms with Gasteiger partial charge in [-0.2, -0.15) is 11.8 Å². The lowest BCUT2D eigenvalue weighted by Gasteiger charge is -2.16. The Hall–Kier alpha value is -0.970. The summed E-state index contributed by atoms with van der Waals surface area (Å²) < 4.78 is 1.81. The van der Waals surface area contributed by atoms with E-state index >= 15 is 0 Å². The Balaban J connectivity index is 2.14. The van der Waals surface area contributed by atoms with E-state index in [4.69, 9.17) is 0 Å². The lowest BCUT2D eigenvalue weighted by atomic mass is 10.2. The first-order valence-electron chi connectivity index (χ1n) is 6.08. The average Bonchev–Trinajstić information content (AvgIpc) is 3.15. The number of nitrogens with one attached hydrogen (secondary N) is 1. The number of rotatable bonds is 6. The van der Waals surface area contributed by atoms with Gasteiger partial charge in [0.05, 0.1) is 0 Å². The normalized spacial score (nSPS) is 16.8. The van der Waals surface area contributed by atoms with E-state index in [1.54, 1.807) is 28.7 Å². The second kappa shape index (κ2) is 5.58. The summed E-state index contributed by atoms with van der Waals surface area (Å²) in [6.45, 7) is 2.12. The molecule has 0 amide bonds. The molecule has 94 valence electrons. The van der Waals surface area contributed by atoms with Gasteiger partial charge in [-0.25, -0.2) is 4.98 Å². The molecular weight excluding hydrogens is 234 g/mol. The zero-order valence-corrected chi connectivity index (χ0v) is 11.2. The fourth-order valence-electron chi connectivity index (χ4n) is 1.82. The SMILES string of the molecule is CCC(CSC)Nc1nccn(C2CC2)c1=O. The molecule has 4 nitrogen and oxygen atoms in total. The molecule has 1 aliphatic rings. The van der Waals surface area contributed by atoms with E-state index in [9.17, 15) is 4.79 Å². The minimum absolute atomic E-state index is 0.0227. The highest BCUT2D eigenvalue weighted by atomic mass is 32.2. The molecule has 1 heterocycles. The van der Waals surface area contributed by atoms with Crippen molar-refractivity contribution in [2.75, 3.05) is 17.3 Å². The Morgan fingerprint density at radius 3 is 3.00 bits per heavy atom. The highest BCUT2D eigenvalue weighted by Crippen LogP contribution is 2.33. The fourth-order valence-corrected chi connectivity index (χ4v) is 2.54. The highest BCUT2D eigenvalue weighted by molar-refractivity contribution is 7.98. The Bertz CT molecular complexity index is 428. The minimum Gasteiger partial charge on any atom is -0.362 e. The van der Waals surface area contributed by atoms with Crippen LogP contribution in [0.1, 0.15) is 32.2 Å². The van der Waals surface area contributed by atoms with Crippen molar-refractivity contribution < 1.29 is 0 Å². The van der Waals surface area contributed by atoms with Crippen LogP contribution in [0, 0.1) is 0 Å². The van der Waals surface area contributed by atoms with Crippen molar-refractivity contribution in [3.63, 3.8) is 0 Å². The van der Waals surface area contributed by atoms with Crippen molar-refractivity contribution in [1.82, 2.24) is 9.55 Å². The summed E-state index contributed by atoms with van der Waals surface area (Å²) in [5, 5.41) is 3.26. The van der Waals surface area contributed by atoms with Crippen molar-refractivity contribution in [3.05, 3.63) is 22.7 Å². The van der Waals surface area contributed by atoms with Crippen LogP contribution in [0.4, 0.5) is 5.82 Å². The van der Waals surface area contributed by atoms with Gasteiger partial charge in [-0.05, 0) is 25.5 Å². The maximum absolute atomic E-state index is 12.1. The molecule has 1 aromatic rings. The fraction of sp³-hybridized carbons (Fsp3) is 0.667. The average molecular weight is 253 g/mol. The second-order valence-corrected chi connectivity index (χ2v) is 5.33. The van der Waals surface area contributed by atoms with E-state index in [2.05, 4.69) is 23.5 Å². The van der Waals surface area contributed by atoms with Gasteiger partial charge in [-0.1, -0.05) is 6.92 Å². The predicted molar refractivity (Wildman–Crippen MR) is 72.9 cm³/mol. The van der Waals surface area contributed by atoms with E-state index in [1.807, 2.05) is 0 Å². The van der Waals surface area contributed by atoms with Crippen LogP contribution in [0.25, 0.3) is 0 Å². The van der Waals surface area contributed by atoms with Crippen LogP contribution in [-0.2, 0) is 0 Å². The molecule has 0 aromatic carbocycles. The Kier molecular flexibility index (Phi) is 4.10. The number of thioether (sulfide) groups is 1. The molecule has 1 fully saturated rings. The van der Waals surface area contributed by atoms with Gasteiger partial charge in [0.25, 0.3) is 5.56 Å². The first-order valence-corrected chi connectivity index (χ1v) is 7.48. The molecule has 0 aliphatic heterocycles. The smallest absolute Gasteiger partial charge is 0.293 e. The third-order valence-corrected chi connectivity index (χ3v) is 3.75. The van der Waals surface area contributed by atoms with Gasteiger partial charge in [-0.15, -0.1) is 0 Å². The molecule has 5 heteroatoms. The summed E-state index contributed by atoms with van der Waals surface area (Å²) in [6, 6.07) is 0.729. The van der Waals surface area contributed by atoms with Crippen LogP contribution in [0.15, 0.2) is 17.2 Å². The van der Waals surface area contributed by atoms with Crippen molar-refractivity contribution >= 4 is 17.6 Å². The monoisotopic (exact) mass is 253 g/mol. The highest BCUT2D eigenvalue weighted by Gasteiger charge is 2.25. The summed E-state index contributed by atoms with van der Waals surface area (Å²) >= 11 is 1.78. The van der Waals surface area contributed by atoms with Gasteiger partial charge < -0.3 is 9.88 Å². The summed E-state index contributed by atoms with van der Waals surface area (Å²) in [4.78, 5) is 16.3. The maximum Gasteiger partial charge on any atom is 0.293 e. The quantitative estimate of drug-likeness (QED) is 0.843. The van der Waals surface area contributed by atoms with Crippen molar-refractivity contribution in [2.45, 2.75) is 38.3 Å². The van der Waals surface area contributed by atoms with Crippen LogP contribution in [0.5, 0.6) is 0 Å². The lowest BCUT2D eigenvalue weighted by Crippen LogP contribution is -2.29. The van der Waals surface area contributed by atoms with Crippen LogP contribution in [0.3, 0.4) is 0 Å². The van der Waals surface area contributed by atoms with Crippen LogP contribution < -0.4 is 10.9 Å². The third-order valence-electron chi connectivity index (χ3n) is 3.01. The molecule has 17 heavy (non-hydrogen) atoms. The molecule has 0 radical (unpaired) electrons. The zero-order chi connectivity index (χ0) is 12.3. The van der Waals surface area contributed by atoms with Gasteiger partial charge in [-0.3, -0.25) is 4.79 Å². The number of anilines is 1. The van der Waals surface area contributed by atoms with Crippen molar-refractivity contribution in [2.24, 2.45) is 0 Å². The standard InChI is InChI=1S/C12H19N3OS/c1-3-9(8-17-2)14-11-12(16)15(7-6-13-11)10-4-5-10/h6-7,9-10H,3-5,8H2,1-2H3,(H,13,14). The lowest BCUT2D eigenvalue weighted by molar-refractivity contribution is 0.691. The molecule has 1 aromatic heterocycles. The van der Waals surface area contributed by atoms with E-state index in [0.29, 0.717) is 17.9 Å². The molecule has 0 spiro atoms. The molecule has 1 unspecified atom stereocenters. The topological polar surface area (TPSA) is 46.9 Å². The van der Waals surface area contributed by atoms with Gasteiger partial charge in [0.1, 0.15) is 0 Å². The first kappa shape index (κ1) is 12.5. The number of aromatic nitrogens is 2. The van der Waals surface area contributed by atoms with E-state index in [1.165, 1.54) is 0 Å². The molecule has 1 aliphatic carbocycles. The van der Waals surface area contributed by atoms with E-state index < -0.39 is 0 Å². The molecule has 1 N–H and O–H groups in total. The molecule has 0 bridgehead atoms. The Morgan fingerprint density at radius 2 is 2.41 bits per heavy atom. The summed E-state index contributed by atoms with van der Waals surface area (Å²) in [7, 11) is 0. The molecule has 1 saturated carbocycles. The molecule has 0 saturated heterocycles. The van der Waals surface area contributed by atoms with E-state index in [-0.39, 0.29) is 5.56 Å². The summed E-state index contributed by atoms with van der Waals surface area (Å²) in [6.07, 6.45) is 8.82. The second-order valence-electron chi connectivity index (χ2n) is 4.42. The zero-order valence-electron chi connectivity index (χ0n) is 10.3. The Morgan fingerprint density at radius 1 is 1.65 bits per heavy atom. The third kappa shape index (κ3) is 3.03. The molecule has 2 rings (SSSR count).